The van der Waals surface area contributed by atoms with E-state index in [1.165, 1.54) is 0 Å². The summed E-state index contributed by atoms with van der Waals surface area (Å²) < 4.78 is 5.38. The molecular weight excluding hydrogens is 202 g/mol. The highest BCUT2D eigenvalue weighted by Crippen LogP contribution is 2.07. The molecule has 0 saturated carbocycles. The first-order valence-electron chi connectivity index (χ1n) is 5.47. The van der Waals surface area contributed by atoms with Crippen LogP contribution in [0.1, 0.15) is 17.8 Å². The third kappa shape index (κ3) is 4.40. The van der Waals surface area contributed by atoms with Crippen molar-refractivity contribution in [3.63, 3.8) is 0 Å². The standard InChI is InChI=1S/C12H19N3O/c1-4-5-7-16-8-6-13-12-11(3)14-9-10(2)15-12/h4,9H,1,5-8H2,2-3H3,(H,13,15). The predicted molar refractivity (Wildman–Crippen MR) is 65.6 cm³/mol. The van der Waals surface area contributed by atoms with E-state index >= 15 is 0 Å². The van der Waals surface area contributed by atoms with Crippen LogP contribution in [0.4, 0.5) is 5.82 Å². The first-order chi connectivity index (χ1) is 7.74. The van der Waals surface area contributed by atoms with Gasteiger partial charge in [-0.1, -0.05) is 6.08 Å². The van der Waals surface area contributed by atoms with Crippen molar-refractivity contribution in [2.45, 2.75) is 20.3 Å². The minimum atomic E-state index is 0.670. The molecule has 0 unspecified atom stereocenters. The molecule has 0 radical (unpaired) electrons. The molecule has 0 atom stereocenters. The van der Waals surface area contributed by atoms with Crippen LogP contribution >= 0.6 is 0 Å². The van der Waals surface area contributed by atoms with Crippen molar-refractivity contribution in [2.24, 2.45) is 0 Å². The molecule has 4 nitrogen and oxygen atoms in total. The van der Waals surface area contributed by atoms with Crippen LogP contribution in [0.25, 0.3) is 0 Å². The molecule has 1 aromatic heterocycles. The molecule has 0 aliphatic rings. The Kier molecular flexibility index (Phi) is 5.50. The fraction of sp³-hybridized carbons (Fsp3) is 0.500. The van der Waals surface area contributed by atoms with Crippen LogP contribution in [0.2, 0.25) is 0 Å². The normalized spacial score (nSPS) is 10.1. The highest BCUT2D eigenvalue weighted by molar-refractivity contribution is 5.39. The van der Waals surface area contributed by atoms with Crippen molar-refractivity contribution >= 4 is 5.82 Å². The molecule has 0 aromatic carbocycles. The predicted octanol–water partition coefficient (Wildman–Crippen LogP) is 2.10. The Morgan fingerprint density at radius 3 is 3.00 bits per heavy atom. The monoisotopic (exact) mass is 221 g/mol. The molecule has 0 saturated heterocycles. The molecule has 1 aromatic rings. The summed E-state index contributed by atoms with van der Waals surface area (Å²) in [5.74, 6) is 0.840. The number of ether oxygens (including phenoxy) is 1. The van der Waals surface area contributed by atoms with Gasteiger partial charge >= 0.3 is 0 Å². The summed E-state index contributed by atoms with van der Waals surface area (Å²) in [7, 11) is 0. The number of nitrogens with zero attached hydrogens (tertiary/aromatic N) is 2. The van der Waals surface area contributed by atoms with Gasteiger partial charge in [-0.05, 0) is 20.3 Å². The smallest absolute Gasteiger partial charge is 0.147 e. The van der Waals surface area contributed by atoms with Gasteiger partial charge in [-0.3, -0.25) is 4.98 Å². The lowest BCUT2D eigenvalue weighted by Gasteiger charge is -2.08. The second-order valence-electron chi connectivity index (χ2n) is 3.56. The van der Waals surface area contributed by atoms with Crippen LogP contribution in [-0.4, -0.2) is 29.7 Å². The summed E-state index contributed by atoms with van der Waals surface area (Å²) >= 11 is 0. The SMILES string of the molecule is C=CCCOCCNc1nc(C)cnc1C. The maximum absolute atomic E-state index is 5.38. The Hall–Kier alpha value is -1.42. The summed E-state index contributed by atoms with van der Waals surface area (Å²) in [4.78, 5) is 8.59. The molecular formula is C12H19N3O. The number of nitrogens with one attached hydrogen (secondary N) is 1. The molecule has 0 aliphatic heterocycles. The first-order valence-corrected chi connectivity index (χ1v) is 5.47. The topological polar surface area (TPSA) is 47.0 Å². The van der Waals surface area contributed by atoms with E-state index in [1.54, 1.807) is 6.20 Å². The molecule has 1 heterocycles. The second kappa shape index (κ2) is 6.95. The minimum Gasteiger partial charge on any atom is -0.379 e. The zero-order valence-electron chi connectivity index (χ0n) is 9.99. The van der Waals surface area contributed by atoms with Crippen LogP contribution in [0.5, 0.6) is 0 Å². The summed E-state index contributed by atoms with van der Waals surface area (Å²) in [6.07, 6.45) is 4.51. The van der Waals surface area contributed by atoms with Crippen LogP contribution in [-0.2, 0) is 4.74 Å². The van der Waals surface area contributed by atoms with Crippen LogP contribution in [0.15, 0.2) is 18.9 Å². The van der Waals surface area contributed by atoms with Crippen LogP contribution in [0.3, 0.4) is 0 Å². The highest BCUT2D eigenvalue weighted by atomic mass is 16.5. The Morgan fingerprint density at radius 2 is 2.25 bits per heavy atom. The van der Waals surface area contributed by atoms with Crippen LogP contribution < -0.4 is 5.32 Å². The van der Waals surface area contributed by atoms with E-state index in [0.717, 1.165) is 36.8 Å². The molecule has 1 N–H and O–H groups in total. The van der Waals surface area contributed by atoms with Gasteiger partial charge in [0.15, 0.2) is 0 Å². The summed E-state index contributed by atoms with van der Waals surface area (Å²) in [5, 5.41) is 3.21. The van der Waals surface area contributed by atoms with E-state index in [4.69, 9.17) is 4.74 Å². The molecule has 88 valence electrons. The lowest BCUT2D eigenvalue weighted by molar-refractivity contribution is 0.149. The van der Waals surface area contributed by atoms with Gasteiger partial charge in [0, 0.05) is 12.7 Å². The van der Waals surface area contributed by atoms with E-state index in [2.05, 4.69) is 21.9 Å². The zero-order chi connectivity index (χ0) is 11.8. The van der Waals surface area contributed by atoms with Gasteiger partial charge < -0.3 is 10.1 Å². The second-order valence-corrected chi connectivity index (χ2v) is 3.56. The van der Waals surface area contributed by atoms with Crippen molar-refractivity contribution < 1.29 is 4.74 Å². The lowest BCUT2D eigenvalue weighted by Crippen LogP contribution is -2.12. The maximum atomic E-state index is 5.38. The average Bonchev–Trinajstić information content (AvgIpc) is 2.28. The number of anilines is 1. The third-order valence-electron chi connectivity index (χ3n) is 2.08. The Morgan fingerprint density at radius 1 is 1.44 bits per heavy atom. The van der Waals surface area contributed by atoms with Crippen molar-refractivity contribution in [3.8, 4) is 0 Å². The Labute approximate surface area is 96.8 Å². The molecule has 0 aliphatic carbocycles. The summed E-state index contributed by atoms with van der Waals surface area (Å²) in [6, 6.07) is 0. The number of hydrogen-bond donors (Lipinski definition) is 1. The molecule has 16 heavy (non-hydrogen) atoms. The number of hydrogen-bond acceptors (Lipinski definition) is 4. The third-order valence-corrected chi connectivity index (χ3v) is 2.08. The number of rotatable bonds is 7. The van der Waals surface area contributed by atoms with E-state index < -0.39 is 0 Å². The zero-order valence-corrected chi connectivity index (χ0v) is 9.99. The highest BCUT2D eigenvalue weighted by Gasteiger charge is 2.00. The van der Waals surface area contributed by atoms with Gasteiger partial charge in [-0.15, -0.1) is 6.58 Å². The van der Waals surface area contributed by atoms with E-state index in [1.807, 2.05) is 19.9 Å². The molecule has 0 bridgehead atoms. The summed E-state index contributed by atoms with van der Waals surface area (Å²) in [6.45, 7) is 9.64. The van der Waals surface area contributed by atoms with Crippen molar-refractivity contribution in [1.29, 1.82) is 0 Å². The Balaban J connectivity index is 2.26. The number of aromatic nitrogens is 2. The molecule has 0 spiro atoms. The summed E-state index contributed by atoms with van der Waals surface area (Å²) in [5.41, 5.74) is 1.83. The van der Waals surface area contributed by atoms with Crippen LogP contribution in [0, 0.1) is 13.8 Å². The average molecular weight is 221 g/mol. The van der Waals surface area contributed by atoms with Gasteiger partial charge in [-0.2, -0.15) is 0 Å². The quantitative estimate of drug-likeness (QED) is 0.566. The number of aryl methyl sites for hydroxylation is 2. The van der Waals surface area contributed by atoms with Gasteiger partial charge in [0.1, 0.15) is 5.82 Å². The molecule has 4 heteroatoms. The van der Waals surface area contributed by atoms with Gasteiger partial charge in [0.05, 0.1) is 24.6 Å². The van der Waals surface area contributed by atoms with Gasteiger partial charge in [0.2, 0.25) is 0 Å². The van der Waals surface area contributed by atoms with Gasteiger partial charge in [-0.25, -0.2) is 4.98 Å². The molecule has 1 rings (SSSR count). The fourth-order valence-electron chi connectivity index (χ4n) is 1.22. The minimum absolute atomic E-state index is 0.670. The van der Waals surface area contributed by atoms with E-state index in [-0.39, 0.29) is 0 Å². The Bertz CT molecular complexity index is 339. The largest absolute Gasteiger partial charge is 0.379 e. The van der Waals surface area contributed by atoms with Crippen molar-refractivity contribution in [1.82, 2.24) is 9.97 Å². The van der Waals surface area contributed by atoms with E-state index in [9.17, 15) is 0 Å². The fourth-order valence-corrected chi connectivity index (χ4v) is 1.22. The first kappa shape index (κ1) is 12.6. The van der Waals surface area contributed by atoms with Gasteiger partial charge in [0.25, 0.3) is 0 Å². The van der Waals surface area contributed by atoms with Crippen molar-refractivity contribution in [3.05, 3.63) is 30.2 Å². The lowest BCUT2D eigenvalue weighted by atomic mass is 10.4. The maximum Gasteiger partial charge on any atom is 0.147 e. The molecule has 0 fully saturated rings. The van der Waals surface area contributed by atoms with Crippen molar-refractivity contribution in [2.75, 3.05) is 25.1 Å². The molecule has 0 amide bonds. The van der Waals surface area contributed by atoms with E-state index in [0.29, 0.717) is 6.61 Å².